The normalized spacial score (nSPS) is 11.5. The van der Waals surface area contributed by atoms with Crippen molar-refractivity contribution in [3.05, 3.63) is 71.0 Å². The minimum absolute atomic E-state index is 0.118. The molecule has 3 rings (SSSR count). The molecule has 3 aromatic rings. The van der Waals surface area contributed by atoms with Crippen molar-refractivity contribution in [1.29, 1.82) is 0 Å². The van der Waals surface area contributed by atoms with E-state index in [1.807, 2.05) is 30.3 Å². The average molecular weight is 368 g/mol. The smallest absolute Gasteiger partial charge is 0.244 e. The summed E-state index contributed by atoms with van der Waals surface area (Å²) in [6, 6.07) is 15.8. The van der Waals surface area contributed by atoms with Crippen LogP contribution in [0.15, 0.2) is 54.6 Å². The first-order valence-corrected chi connectivity index (χ1v) is 9.09. The van der Waals surface area contributed by atoms with Gasteiger partial charge in [-0.05, 0) is 49.8 Å². The Morgan fingerprint density at radius 1 is 1.19 bits per heavy atom. The zero-order valence-corrected chi connectivity index (χ0v) is 15.7. The van der Waals surface area contributed by atoms with Crippen LogP contribution in [0, 0.1) is 0 Å². The second-order valence-corrected chi connectivity index (χ2v) is 6.84. The second kappa shape index (κ2) is 8.19. The van der Waals surface area contributed by atoms with E-state index in [4.69, 9.17) is 16.6 Å². The Morgan fingerprint density at radius 3 is 2.65 bits per heavy atom. The third kappa shape index (κ3) is 4.33. The first-order chi connectivity index (χ1) is 12.5. The molecule has 0 aliphatic rings. The summed E-state index contributed by atoms with van der Waals surface area (Å²) in [4.78, 5) is 16.7. The number of aromatic nitrogens is 2. The van der Waals surface area contributed by atoms with Crippen LogP contribution in [0.4, 0.5) is 0 Å². The molecule has 1 amide bonds. The number of amides is 1. The number of hydrogen-bond acceptors (Lipinski definition) is 2. The topological polar surface area (TPSA) is 46.9 Å². The molecule has 0 atom stereocenters. The maximum Gasteiger partial charge on any atom is 0.244 e. The van der Waals surface area contributed by atoms with Crippen LogP contribution in [0.2, 0.25) is 5.02 Å². The number of nitrogens with zero attached hydrogens (tertiary/aromatic N) is 2. The van der Waals surface area contributed by atoms with Gasteiger partial charge >= 0.3 is 0 Å². The van der Waals surface area contributed by atoms with E-state index < -0.39 is 0 Å². The van der Waals surface area contributed by atoms with Gasteiger partial charge in [0, 0.05) is 30.1 Å². The van der Waals surface area contributed by atoms with Crippen molar-refractivity contribution in [3.8, 4) is 0 Å². The van der Waals surface area contributed by atoms with Gasteiger partial charge in [0.2, 0.25) is 5.91 Å². The van der Waals surface area contributed by atoms with Crippen LogP contribution in [-0.4, -0.2) is 22.0 Å². The van der Waals surface area contributed by atoms with Gasteiger partial charge in [-0.2, -0.15) is 0 Å². The van der Waals surface area contributed by atoms with Crippen molar-refractivity contribution in [3.63, 3.8) is 0 Å². The molecule has 4 nitrogen and oxygen atoms in total. The van der Waals surface area contributed by atoms with Gasteiger partial charge in [0.05, 0.1) is 11.0 Å². The Hall–Kier alpha value is -2.59. The number of halogens is 1. The van der Waals surface area contributed by atoms with Crippen molar-refractivity contribution in [2.45, 2.75) is 26.3 Å². The molecule has 0 radical (unpaired) electrons. The molecule has 0 bridgehead atoms. The molecule has 0 spiro atoms. The van der Waals surface area contributed by atoms with Crippen molar-refractivity contribution in [2.75, 3.05) is 6.54 Å². The third-order valence-electron chi connectivity index (χ3n) is 4.13. The summed E-state index contributed by atoms with van der Waals surface area (Å²) >= 11 is 5.85. The summed E-state index contributed by atoms with van der Waals surface area (Å²) < 4.78 is 2.23. The molecule has 2 aromatic carbocycles. The van der Waals surface area contributed by atoms with Crippen molar-refractivity contribution in [2.24, 2.45) is 0 Å². The highest BCUT2D eigenvalue weighted by Gasteiger charge is 2.12. The van der Waals surface area contributed by atoms with Crippen LogP contribution >= 0.6 is 11.6 Å². The average Bonchev–Trinajstić information content (AvgIpc) is 2.99. The number of nitrogens with one attached hydrogen (secondary N) is 1. The Labute approximate surface area is 158 Å². The molecule has 0 unspecified atom stereocenters. The minimum Gasteiger partial charge on any atom is -0.352 e. The van der Waals surface area contributed by atoms with Gasteiger partial charge < -0.3 is 9.88 Å². The highest BCUT2D eigenvalue weighted by molar-refractivity contribution is 6.30. The predicted octanol–water partition coefficient (Wildman–Crippen LogP) is 4.64. The maximum atomic E-state index is 12.0. The summed E-state index contributed by atoms with van der Waals surface area (Å²) in [5.74, 6) is 0.871. The SMILES string of the molecule is CC(C)n1c(CCNC(=O)/C=C/c2ccc(Cl)cc2)nc2ccccc21. The molecule has 0 saturated heterocycles. The minimum atomic E-state index is -0.118. The fourth-order valence-corrected chi connectivity index (χ4v) is 3.08. The standard InChI is InChI=1S/C21H22ClN3O/c1-15(2)25-19-6-4-3-5-18(19)24-20(25)13-14-23-21(26)12-9-16-7-10-17(22)11-8-16/h3-12,15H,13-14H2,1-2H3,(H,23,26)/b12-9+. The highest BCUT2D eigenvalue weighted by Crippen LogP contribution is 2.21. The first kappa shape index (κ1) is 18.2. The number of benzene rings is 2. The molecule has 0 saturated carbocycles. The van der Waals surface area contributed by atoms with Crippen LogP contribution in [0.5, 0.6) is 0 Å². The number of para-hydroxylation sites is 2. The monoisotopic (exact) mass is 367 g/mol. The number of carbonyl (C=O) groups is 1. The van der Waals surface area contributed by atoms with Crippen LogP contribution in [0.3, 0.4) is 0 Å². The van der Waals surface area contributed by atoms with Crippen LogP contribution in [-0.2, 0) is 11.2 Å². The van der Waals surface area contributed by atoms with Gasteiger partial charge in [0.1, 0.15) is 5.82 Å². The number of imidazole rings is 1. The molecule has 134 valence electrons. The third-order valence-corrected chi connectivity index (χ3v) is 4.38. The molecule has 0 aliphatic carbocycles. The lowest BCUT2D eigenvalue weighted by molar-refractivity contribution is -0.116. The van der Waals surface area contributed by atoms with E-state index >= 15 is 0 Å². The molecular weight excluding hydrogens is 346 g/mol. The van der Waals surface area contributed by atoms with Crippen LogP contribution < -0.4 is 5.32 Å². The Kier molecular flexibility index (Phi) is 5.74. The van der Waals surface area contributed by atoms with Crippen LogP contribution in [0.1, 0.15) is 31.3 Å². The summed E-state index contributed by atoms with van der Waals surface area (Å²) in [6.07, 6.45) is 4.00. The van der Waals surface area contributed by atoms with Gasteiger partial charge in [-0.1, -0.05) is 35.9 Å². The summed E-state index contributed by atoms with van der Waals surface area (Å²) in [6.45, 7) is 4.83. The van der Waals surface area contributed by atoms with Crippen molar-refractivity contribution >= 4 is 34.6 Å². The van der Waals surface area contributed by atoms with Crippen molar-refractivity contribution in [1.82, 2.24) is 14.9 Å². The number of hydrogen-bond donors (Lipinski definition) is 1. The van der Waals surface area contributed by atoms with E-state index in [2.05, 4.69) is 29.8 Å². The second-order valence-electron chi connectivity index (χ2n) is 6.41. The van der Waals surface area contributed by atoms with Crippen molar-refractivity contribution < 1.29 is 4.79 Å². The number of rotatable bonds is 6. The predicted molar refractivity (Wildman–Crippen MR) is 107 cm³/mol. The lowest BCUT2D eigenvalue weighted by Crippen LogP contribution is -2.24. The Morgan fingerprint density at radius 2 is 1.92 bits per heavy atom. The Balaban J connectivity index is 1.61. The van der Waals surface area contributed by atoms with Gasteiger partial charge in [-0.15, -0.1) is 0 Å². The molecule has 26 heavy (non-hydrogen) atoms. The zero-order chi connectivity index (χ0) is 18.5. The lowest BCUT2D eigenvalue weighted by Gasteiger charge is -2.13. The summed E-state index contributed by atoms with van der Waals surface area (Å²) in [5.41, 5.74) is 3.06. The highest BCUT2D eigenvalue weighted by atomic mass is 35.5. The zero-order valence-electron chi connectivity index (χ0n) is 14.9. The lowest BCUT2D eigenvalue weighted by atomic mass is 10.2. The van der Waals surface area contributed by atoms with Gasteiger partial charge in [0.15, 0.2) is 0 Å². The van der Waals surface area contributed by atoms with E-state index in [9.17, 15) is 4.79 Å². The molecular formula is C21H22ClN3O. The quantitative estimate of drug-likeness (QED) is 0.645. The fraction of sp³-hybridized carbons (Fsp3) is 0.238. The fourth-order valence-electron chi connectivity index (χ4n) is 2.95. The Bertz CT molecular complexity index is 926. The molecule has 5 heteroatoms. The first-order valence-electron chi connectivity index (χ1n) is 8.72. The molecule has 1 heterocycles. The maximum absolute atomic E-state index is 12.0. The molecule has 0 aliphatic heterocycles. The van der Waals surface area contributed by atoms with E-state index in [0.29, 0.717) is 24.0 Å². The van der Waals surface area contributed by atoms with E-state index in [1.165, 1.54) is 6.08 Å². The molecule has 1 N–H and O–H groups in total. The number of carbonyl (C=O) groups excluding carboxylic acids is 1. The largest absolute Gasteiger partial charge is 0.352 e. The molecule has 0 fully saturated rings. The number of fused-ring (bicyclic) bond motifs is 1. The van der Waals surface area contributed by atoms with Crippen LogP contribution in [0.25, 0.3) is 17.1 Å². The van der Waals surface area contributed by atoms with Gasteiger partial charge in [0.25, 0.3) is 0 Å². The van der Waals surface area contributed by atoms with Gasteiger partial charge in [-0.3, -0.25) is 4.79 Å². The van der Waals surface area contributed by atoms with Gasteiger partial charge in [-0.25, -0.2) is 4.98 Å². The van der Waals surface area contributed by atoms with E-state index in [-0.39, 0.29) is 5.91 Å². The summed E-state index contributed by atoms with van der Waals surface area (Å²) in [5, 5.41) is 3.60. The van der Waals surface area contributed by atoms with E-state index in [1.54, 1.807) is 18.2 Å². The van der Waals surface area contributed by atoms with E-state index in [0.717, 1.165) is 22.4 Å². The molecule has 1 aromatic heterocycles. The summed E-state index contributed by atoms with van der Waals surface area (Å²) in [7, 11) is 0.